The van der Waals surface area contributed by atoms with Crippen LogP contribution in [-0.4, -0.2) is 78.7 Å². The van der Waals surface area contributed by atoms with Gasteiger partial charge in [0.25, 0.3) is 0 Å². The molecule has 6 nitrogen and oxygen atoms in total. The average molecular weight is 394 g/mol. The van der Waals surface area contributed by atoms with Crippen LogP contribution < -0.4 is 5.32 Å². The van der Waals surface area contributed by atoms with Crippen molar-refractivity contribution in [3.05, 3.63) is 47.3 Å². The second-order valence-corrected chi connectivity index (χ2v) is 7.52. The summed E-state index contributed by atoms with van der Waals surface area (Å²) >= 11 is 0. The number of alkyl halides is 3. The first kappa shape index (κ1) is 19.1. The summed E-state index contributed by atoms with van der Waals surface area (Å²) in [5, 5.41) is 3.35. The van der Waals surface area contributed by atoms with E-state index in [9.17, 15) is 13.2 Å². The molecule has 152 valence electrons. The van der Waals surface area contributed by atoms with Gasteiger partial charge in [-0.05, 0) is 17.7 Å². The third-order valence-corrected chi connectivity index (χ3v) is 5.31. The maximum Gasteiger partial charge on any atom is 0.416 e. The number of halogens is 3. The number of hydrogen-bond acceptors (Lipinski definition) is 6. The van der Waals surface area contributed by atoms with Crippen LogP contribution in [0.25, 0.3) is 0 Å². The van der Waals surface area contributed by atoms with Gasteiger partial charge in [0, 0.05) is 53.0 Å². The van der Waals surface area contributed by atoms with Crippen LogP contribution in [0.4, 0.5) is 13.2 Å². The maximum atomic E-state index is 12.9. The standard InChI is InChI=1S/C19H25F3N6/c1-25-12-16-17(26(2)13-25)24-18(27-9-7-23-8-10-27)28(16)11-14-3-5-15(6-4-14)19(20,21)22/h3-6,12,18,23H,7-11,13H2,1-2H3. The monoisotopic (exact) mass is 394 g/mol. The lowest BCUT2D eigenvalue weighted by molar-refractivity contribution is -0.137. The van der Waals surface area contributed by atoms with E-state index in [0.29, 0.717) is 6.54 Å². The molecule has 0 saturated carbocycles. The number of nitrogens with zero attached hydrogens (tertiary/aromatic N) is 5. The van der Waals surface area contributed by atoms with Gasteiger partial charge in [-0.3, -0.25) is 4.90 Å². The topological polar surface area (TPSA) is 37.4 Å². The summed E-state index contributed by atoms with van der Waals surface area (Å²) in [6.07, 6.45) is -2.38. The number of nitrogens with one attached hydrogen (secondary N) is 1. The molecule has 1 aromatic carbocycles. The molecular formula is C19H25F3N6. The fourth-order valence-corrected chi connectivity index (χ4v) is 3.93. The molecule has 0 aromatic heterocycles. The van der Waals surface area contributed by atoms with Crippen LogP contribution >= 0.6 is 0 Å². The molecule has 0 amide bonds. The molecule has 3 aliphatic rings. The molecule has 1 fully saturated rings. The van der Waals surface area contributed by atoms with Gasteiger partial charge in [0.2, 0.25) is 0 Å². The highest BCUT2D eigenvalue weighted by Gasteiger charge is 2.39. The zero-order valence-corrected chi connectivity index (χ0v) is 16.1. The van der Waals surface area contributed by atoms with Gasteiger partial charge in [-0.15, -0.1) is 0 Å². The highest BCUT2D eigenvalue weighted by Crippen LogP contribution is 2.32. The van der Waals surface area contributed by atoms with Crippen molar-refractivity contribution in [3.8, 4) is 0 Å². The van der Waals surface area contributed by atoms with E-state index in [1.807, 2.05) is 14.1 Å². The van der Waals surface area contributed by atoms with Crippen LogP contribution in [-0.2, 0) is 12.7 Å². The van der Waals surface area contributed by atoms with Crippen molar-refractivity contribution in [2.45, 2.75) is 19.0 Å². The lowest BCUT2D eigenvalue weighted by atomic mass is 10.1. The first-order chi connectivity index (χ1) is 13.3. The molecule has 3 heterocycles. The Kier molecular flexibility index (Phi) is 4.96. The Balaban J connectivity index is 1.62. The molecule has 28 heavy (non-hydrogen) atoms. The van der Waals surface area contributed by atoms with Crippen molar-refractivity contribution in [2.75, 3.05) is 46.9 Å². The molecule has 0 spiro atoms. The van der Waals surface area contributed by atoms with Crippen molar-refractivity contribution >= 4 is 5.84 Å². The van der Waals surface area contributed by atoms with E-state index < -0.39 is 11.7 Å². The van der Waals surface area contributed by atoms with Crippen molar-refractivity contribution in [2.24, 2.45) is 4.99 Å². The van der Waals surface area contributed by atoms with E-state index in [0.717, 1.165) is 62.1 Å². The van der Waals surface area contributed by atoms with Gasteiger partial charge in [-0.2, -0.15) is 13.2 Å². The normalized spacial score (nSPS) is 23.6. The second-order valence-electron chi connectivity index (χ2n) is 7.52. The van der Waals surface area contributed by atoms with Gasteiger partial charge < -0.3 is 20.0 Å². The highest BCUT2D eigenvalue weighted by atomic mass is 19.4. The van der Waals surface area contributed by atoms with Crippen molar-refractivity contribution in [3.63, 3.8) is 0 Å². The first-order valence-electron chi connectivity index (χ1n) is 9.42. The third kappa shape index (κ3) is 3.68. The largest absolute Gasteiger partial charge is 0.416 e. The smallest absolute Gasteiger partial charge is 0.361 e. The van der Waals surface area contributed by atoms with E-state index >= 15 is 0 Å². The molecule has 1 N–H and O–H groups in total. The number of piperazine rings is 1. The summed E-state index contributed by atoms with van der Waals surface area (Å²) in [6, 6.07) is 5.43. The summed E-state index contributed by atoms with van der Waals surface area (Å²) in [5.74, 6) is 0.938. The van der Waals surface area contributed by atoms with E-state index in [2.05, 4.69) is 31.1 Å². The Bertz CT molecular complexity index is 767. The quantitative estimate of drug-likeness (QED) is 0.846. The van der Waals surface area contributed by atoms with Gasteiger partial charge >= 0.3 is 6.18 Å². The average Bonchev–Trinajstić information content (AvgIpc) is 3.01. The molecular weight excluding hydrogens is 369 g/mol. The van der Waals surface area contributed by atoms with Gasteiger partial charge in [0.15, 0.2) is 12.1 Å². The molecule has 3 aliphatic heterocycles. The molecule has 1 atom stereocenters. The number of rotatable bonds is 3. The van der Waals surface area contributed by atoms with Crippen LogP contribution in [0.1, 0.15) is 11.1 Å². The fraction of sp³-hybridized carbons (Fsp3) is 0.526. The maximum absolute atomic E-state index is 12.9. The fourth-order valence-electron chi connectivity index (χ4n) is 3.93. The minimum Gasteiger partial charge on any atom is -0.361 e. The Labute approximate surface area is 162 Å². The van der Waals surface area contributed by atoms with Gasteiger partial charge in [-0.1, -0.05) is 12.1 Å². The van der Waals surface area contributed by atoms with Gasteiger partial charge in [0.1, 0.15) is 0 Å². The Morgan fingerprint density at radius 1 is 1.11 bits per heavy atom. The third-order valence-electron chi connectivity index (χ3n) is 5.31. The Morgan fingerprint density at radius 3 is 2.43 bits per heavy atom. The number of hydrogen-bond donors (Lipinski definition) is 1. The van der Waals surface area contributed by atoms with E-state index in [-0.39, 0.29) is 6.29 Å². The summed E-state index contributed by atoms with van der Waals surface area (Å²) in [5.41, 5.74) is 1.23. The van der Waals surface area contributed by atoms with Crippen LogP contribution in [0.2, 0.25) is 0 Å². The van der Waals surface area contributed by atoms with E-state index in [1.54, 1.807) is 12.1 Å². The van der Waals surface area contributed by atoms with Crippen LogP contribution in [0, 0.1) is 0 Å². The van der Waals surface area contributed by atoms with Crippen LogP contribution in [0.5, 0.6) is 0 Å². The van der Waals surface area contributed by atoms with Gasteiger partial charge in [-0.25, -0.2) is 4.99 Å². The molecule has 4 rings (SSSR count). The highest BCUT2D eigenvalue weighted by molar-refractivity contribution is 5.99. The molecule has 0 radical (unpaired) electrons. The number of amidine groups is 1. The summed E-state index contributed by atoms with van der Waals surface area (Å²) in [7, 11) is 4.02. The predicted octanol–water partition coefficient (Wildman–Crippen LogP) is 1.78. The molecule has 0 aliphatic carbocycles. The van der Waals surface area contributed by atoms with Crippen LogP contribution in [0.15, 0.2) is 41.2 Å². The minimum absolute atomic E-state index is 0.139. The Hall–Kier alpha value is -2.26. The first-order valence-corrected chi connectivity index (χ1v) is 9.42. The van der Waals surface area contributed by atoms with E-state index in [4.69, 9.17) is 4.99 Å². The molecule has 9 heteroatoms. The van der Waals surface area contributed by atoms with Gasteiger partial charge in [0.05, 0.1) is 17.9 Å². The van der Waals surface area contributed by atoms with Crippen molar-refractivity contribution < 1.29 is 13.2 Å². The summed E-state index contributed by atoms with van der Waals surface area (Å²) in [4.78, 5) is 13.7. The zero-order valence-electron chi connectivity index (χ0n) is 16.1. The zero-order chi connectivity index (χ0) is 19.9. The lowest BCUT2D eigenvalue weighted by Gasteiger charge is -2.38. The number of aliphatic imine (C=N–C) groups is 1. The number of benzene rings is 1. The molecule has 1 saturated heterocycles. The summed E-state index contributed by atoms with van der Waals surface area (Å²) < 4.78 is 38.6. The van der Waals surface area contributed by atoms with E-state index in [1.165, 1.54) is 0 Å². The van der Waals surface area contributed by atoms with Crippen LogP contribution in [0.3, 0.4) is 0 Å². The summed E-state index contributed by atoms with van der Waals surface area (Å²) in [6.45, 7) is 4.85. The lowest BCUT2D eigenvalue weighted by Crippen LogP contribution is -2.52. The SMILES string of the molecule is CN1C=C2C(=NC(N3CCNCC3)N2Cc2ccc(C(F)(F)F)cc2)N(C)C1. The Morgan fingerprint density at radius 2 is 1.79 bits per heavy atom. The minimum atomic E-state index is -4.32. The number of likely N-dealkylation sites (N-methyl/N-ethyl adjacent to an activating group) is 1. The number of fused-ring (bicyclic) bond motifs is 1. The molecule has 1 aromatic rings. The molecule has 1 unspecified atom stereocenters. The van der Waals surface area contributed by atoms with Crippen molar-refractivity contribution in [1.82, 2.24) is 24.9 Å². The van der Waals surface area contributed by atoms with Crippen molar-refractivity contribution in [1.29, 1.82) is 0 Å². The second kappa shape index (κ2) is 7.29. The molecule has 0 bridgehead atoms. The predicted molar refractivity (Wildman–Crippen MR) is 101 cm³/mol.